The fourth-order valence-electron chi connectivity index (χ4n) is 4.29. The van der Waals surface area contributed by atoms with Crippen LogP contribution in [-0.4, -0.2) is 41.6 Å². The van der Waals surface area contributed by atoms with Gasteiger partial charge in [0.25, 0.3) is 5.56 Å². The molecule has 1 aromatic heterocycles. The van der Waals surface area contributed by atoms with Crippen LogP contribution in [0, 0.1) is 5.82 Å². The Balaban J connectivity index is 1.50. The Kier molecular flexibility index (Phi) is 7.63. The molecule has 36 heavy (non-hydrogen) atoms. The van der Waals surface area contributed by atoms with Gasteiger partial charge in [0, 0.05) is 26.1 Å². The maximum atomic E-state index is 13.5. The van der Waals surface area contributed by atoms with Gasteiger partial charge < -0.3 is 14.4 Å². The van der Waals surface area contributed by atoms with Crippen LogP contribution in [0.4, 0.5) is 4.39 Å². The minimum absolute atomic E-state index is 0.0821. The highest BCUT2D eigenvalue weighted by molar-refractivity contribution is 5.81. The number of nitrogens with zero attached hydrogens (tertiary/aromatic N) is 3. The molecule has 7 nitrogen and oxygen atoms in total. The second-order valence-corrected chi connectivity index (χ2v) is 8.44. The average Bonchev–Trinajstić information content (AvgIpc) is 2.91. The fraction of sp³-hybridized carbons (Fsp3) is 0.250. The summed E-state index contributed by atoms with van der Waals surface area (Å²) < 4.78 is 25.6. The van der Waals surface area contributed by atoms with E-state index >= 15 is 0 Å². The van der Waals surface area contributed by atoms with Gasteiger partial charge in [-0.25, -0.2) is 9.37 Å². The molecule has 0 saturated carbocycles. The van der Waals surface area contributed by atoms with Crippen LogP contribution >= 0.6 is 0 Å². The molecule has 1 amide bonds. The summed E-state index contributed by atoms with van der Waals surface area (Å²) in [5, 5.41) is 0.416. The molecule has 4 rings (SSSR count). The summed E-state index contributed by atoms with van der Waals surface area (Å²) in [5.74, 6) is 0.537. The number of benzene rings is 3. The molecule has 0 aliphatic heterocycles. The van der Waals surface area contributed by atoms with Crippen molar-refractivity contribution in [2.75, 3.05) is 21.3 Å². The van der Waals surface area contributed by atoms with Gasteiger partial charge in [-0.1, -0.05) is 42.5 Å². The zero-order valence-electron chi connectivity index (χ0n) is 20.5. The van der Waals surface area contributed by atoms with Crippen LogP contribution in [-0.2, 0) is 11.3 Å². The summed E-state index contributed by atoms with van der Waals surface area (Å²) in [4.78, 5) is 32.2. The molecule has 0 saturated heterocycles. The van der Waals surface area contributed by atoms with Crippen molar-refractivity contribution >= 4 is 16.8 Å². The second-order valence-electron chi connectivity index (χ2n) is 8.44. The van der Waals surface area contributed by atoms with Gasteiger partial charge in [0.05, 0.1) is 37.5 Å². The molecule has 0 spiro atoms. The first kappa shape index (κ1) is 24.9. The number of hydrogen-bond donors (Lipinski definition) is 0. The topological polar surface area (TPSA) is 73.7 Å². The third-order valence-electron chi connectivity index (χ3n) is 6.20. The first-order valence-corrected chi connectivity index (χ1v) is 11.6. The zero-order valence-corrected chi connectivity index (χ0v) is 20.5. The largest absolute Gasteiger partial charge is 0.493 e. The molecule has 4 aromatic rings. The average molecular weight is 490 g/mol. The Hall–Kier alpha value is -4.20. The number of carbonyl (C=O) groups is 1. The molecule has 0 radical (unpaired) electrons. The lowest BCUT2D eigenvalue weighted by Gasteiger charge is -2.29. The van der Waals surface area contributed by atoms with Crippen LogP contribution in [0.5, 0.6) is 11.5 Å². The van der Waals surface area contributed by atoms with Crippen molar-refractivity contribution in [1.82, 2.24) is 14.5 Å². The minimum atomic E-state index is -0.355. The van der Waals surface area contributed by atoms with Crippen molar-refractivity contribution < 1.29 is 18.7 Å². The summed E-state index contributed by atoms with van der Waals surface area (Å²) in [6.45, 7) is 0.336. The Morgan fingerprint density at radius 2 is 1.64 bits per heavy atom. The number of methoxy groups -OCH3 is 2. The molecule has 186 valence electrons. The van der Waals surface area contributed by atoms with Gasteiger partial charge in [-0.15, -0.1) is 0 Å². The van der Waals surface area contributed by atoms with E-state index in [4.69, 9.17) is 9.47 Å². The lowest BCUT2D eigenvalue weighted by molar-refractivity contribution is -0.131. The highest BCUT2D eigenvalue weighted by Gasteiger charge is 2.23. The third-order valence-corrected chi connectivity index (χ3v) is 6.20. The van der Waals surface area contributed by atoms with E-state index in [0.717, 1.165) is 11.1 Å². The summed E-state index contributed by atoms with van der Waals surface area (Å²) in [5.41, 5.74) is 2.04. The predicted molar refractivity (Wildman–Crippen MR) is 136 cm³/mol. The van der Waals surface area contributed by atoms with Gasteiger partial charge in [0.1, 0.15) is 5.82 Å². The van der Waals surface area contributed by atoms with E-state index in [-0.39, 0.29) is 29.7 Å². The number of rotatable bonds is 9. The molecule has 3 aromatic carbocycles. The number of carbonyl (C=O) groups excluding carboxylic acids is 1. The SMILES string of the molecule is COc1cc2ncn(CCCC(=O)N(C)C(c3ccccc3)c3ccc(F)cc3)c(=O)c2cc1OC. The number of ether oxygens (including phenoxy) is 2. The normalized spacial score (nSPS) is 11.8. The number of hydrogen-bond acceptors (Lipinski definition) is 5. The van der Waals surface area contributed by atoms with E-state index in [1.54, 1.807) is 36.2 Å². The number of aryl methyl sites for hydroxylation is 1. The minimum Gasteiger partial charge on any atom is -0.493 e. The number of halogens is 1. The van der Waals surface area contributed by atoms with Crippen molar-refractivity contribution in [3.8, 4) is 11.5 Å². The van der Waals surface area contributed by atoms with E-state index in [0.29, 0.717) is 35.4 Å². The third kappa shape index (κ3) is 5.22. The monoisotopic (exact) mass is 489 g/mol. The van der Waals surface area contributed by atoms with Gasteiger partial charge >= 0.3 is 0 Å². The highest BCUT2D eigenvalue weighted by Crippen LogP contribution is 2.30. The number of amides is 1. The van der Waals surface area contributed by atoms with Crippen LogP contribution in [0.2, 0.25) is 0 Å². The molecule has 0 aliphatic carbocycles. The van der Waals surface area contributed by atoms with Crippen molar-refractivity contribution in [3.63, 3.8) is 0 Å². The van der Waals surface area contributed by atoms with Gasteiger partial charge in [-0.05, 0) is 35.7 Å². The molecule has 0 aliphatic rings. The van der Waals surface area contributed by atoms with Crippen LogP contribution in [0.25, 0.3) is 10.9 Å². The Labute approximate surface area is 208 Å². The van der Waals surface area contributed by atoms with E-state index in [1.165, 1.54) is 37.2 Å². The summed E-state index contributed by atoms with van der Waals surface area (Å²) >= 11 is 0. The number of fused-ring (bicyclic) bond motifs is 1. The van der Waals surface area contributed by atoms with Gasteiger partial charge in [0.2, 0.25) is 5.91 Å². The molecule has 0 N–H and O–H groups in total. The van der Waals surface area contributed by atoms with Crippen molar-refractivity contribution in [2.24, 2.45) is 0 Å². The lowest BCUT2D eigenvalue weighted by atomic mass is 9.97. The van der Waals surface area contributed by atoms with Crippen LogP contribution in [0.3, 0.4) is 0 Å². The first-order chi connectivity index (χ1) is 17.4. The number of aromatic nitrogens is 2. The van der Waals surface area contributed by atoms with Gasteiger partial charge in [-0.2, -0.15) is 0 Å². The smallest absolute Gasteiger partial charge is 0.261 e. The van der Waals surface area contributed by atoms with Crippen LogP contribution in [0.1, 0.15) is 30.0 Å². The second kappa shape index (κ2) is 11.0. The predicted octanol–water partition coefficient (Wildman–Crippen LogP) is 4.58. The molecular formula is C28H28FN3O4. The molecule has 0 fully saturated rings. The summed E-state index contributed by atoms with van der Waals surface area (Å²) in [7, 11) is 4.78. The van der Waals surface area contributed by atoms with Crippen LogP contribution in [0.15, 0.2) is 77.9 Å². The maximum absolute atomic E-state index is 13.5. The molecule has 1 heterocycles. The summed E-state index contributed by atoms with van der Waals surface area (Å²) in [6, 6.07) is 18.7. The maximum Gasteiger partial charge on any atom is 0.261 e. The van der Waals surface area contributed by atoms with Gasteiger partial charge in [-0.3, -0.25) is 14.2 Å². The van der Waals surface area contributed by atoms with E-state index in [1.807, 2.05) is 30.3 Å². The highest BCUT2D eigenvalue weighted by atomic mass is 19.1. The van der Waals surface area contributed by atoms with E-state index < -0.39 is 0 Å². The van der Waals surface area contributed by atoms with E-state index in [9.17, 15) is 14.0 Å². The van der Waals surface area contributed by atoms with Crippen LogP contribution < -0.4 is 15.0 Å². The first-order valence-electron chi connectivity index (χ1n) is 11.6. The van der Waals surface area contributed by atoms with Crippen molar-refractivity contribution in [3.05, 3.63) is 100 Å². The lowest BCUT2D eigenvalue weighted by Crippen LogP contribution is -2.32. The molecule has 8 heteroatoms. The van der Waals surface area contributed by atoms with Gasteiger partial charge in [0.15, 0.2) is 11.5 Å². The summed E-state index contributed by atoms with van der Waals surface area (Å²) in [6.07, 6.45) is 2.17. The Morgan fingerprint density at radius 3 is 2.31 bits per heavy atom. The zero-order chi connectivity index (χ0) is 25.7. The van der Waals surface area contributed by atoms with E-state index in [2.05, 4.69) is 4.98 Å². The fourth-order valence-corrected chi connectivity index (χ4v) is 4.29. The molecule has 1 unspecified atom stereocenters. The molecular weight excluding hydrogens is 461 g/mol. The van der Waals surface area contributed by atoms with Crippen molar-refractivity contribution in [1.29, 1.82) is 0 Å². The molecule has 0 bridgehead atoms. The van der Waals surface area contributed by atoms with Crippen molar-refractivity contribution in [2.45, 2.75) is 25.4 Å². The molecule has 1 atom stereocenters. The quantitative estimate of drug-likeness (QED) is 0.344. The Morgan fingerprint density at radius 1 is 1.00 bits per heavy atom. The standard InChI is InChI=1S/C28H28FN3O4/c1-31(27(19-8-5-4-6-9-19)20-11-13-21(29)14-12-20)26(33)10-7-15-32-18-30-23-17-25(36-3)24(35-2)16-22(23)28(32)34/h4-6,8-9,11-14,16-18,27H,7,10,15H2,1-3H3. The Bertz CT molecular complexity index is 1400.